The minimum absolute atomic E-state index is 0. The third-order valence-corrected chi connectivity index (χ3v) is 19.2. The molecule has 0 radical (unpaired) electrons. The lowest BCUT2D eigenvalue weighted by Gasteiger charge is -2.47. The maximum absolute atomic E-state index is 13.6. The monoisotopic (exact) mass is 1140 g/mol. The van der Waals surface area contributed by atoms with Crippen LogP contribution in [-0.2, 0) is 61.5 Å². The summed E-state index contributed by atoms with van der Waals surface area (Å²) in [5.41, 5.74) is 12.1. The van der Waals surface area contributed by atoms with Crippen LogP contribution in [-0.4, -0.2) is 56.6 Å². The Morgan fingerprint density at radius 3 is 1.49 bits per heavy atom. The fourth-order valence-corrected chi connectivity index (χ4v) is 14.3. The number of nitrogens with one attached hydrogen (secondary N) is 1. The molecule has 0 saturated heterocycles. The van der Waals surface area contributed by atoms with Crippen molar-refractivity contribution in [2.45, 2.75) is 177 Å². The Balaban J connectivity index is 0.000000136. The van der Waals surface area contributed by atoms with Crippen LogP contribution in [0, 0.1) is 44.2 Å². The zero-order chi connectivity index (χ0) is 56.1. The van der Waals surface area contributed by atoms with Gasteiger partial charge >= 0.3 is 23.9 Å². The lowest BCUT2D eigenvalue weighted by atomic mass is 9.61. The van der Waals surface area contributed by atoms with E-state index in [0.29, 0.717) is 71.5 Å². The van der Waals surface area contributed by atoms with E-state index in [0.717, 1.165) is 68.1 Å². The largest absolute Gasteiger partial charge is 0.461 e. The first-order valence-corrected chi connectivity index (χ1v) is 29.1. The molecular weight excluding hydrogens is 1060 g/mol. The van der Waals surface area contributed by atoms with Crippen molar-refractivity contribution in [1.82, 2.24) is 20.0 Å². The molecule has 8 aliphatic carbocycles. The topological polar surface area (TPSA) is 172 Å². The zero-order valence-corrected chi connectivity index (χ0v) is 47.2. The second-order valence-corrected chi connectivity index (χ2v) is 26.7. The van der Waals surface area contributed by atoms with E-state index in [1.807, 2.05) is 105 Å². The number of carbonyl (C=O) groups is 5. The molecule has 4 spiro atoms. The van der Waals surface area contributed by atoms with Crippen molar-refractivity contribution in [2.75, 3.05) is 6.54 Å². The van der Waals surface area contributed by atoms with Crippen LogP contribution < -0.4 is 11.1 Å². The summed E-state index contributed by atoms with van der Waals surface area (Å²) in [7, 11) is 0. The summed E-state index contributed by atoms with van der Waals surface area (Å²) in [6.45, 7) is 8.56. The van der Waals surface area contributed by atoms with E-state index < -0.39 is 11.7 Å². The summed E-state index contributed by atoms with van der Waals surface area (Å²) in [5, 5.41) is 7.63. The van der Waals surface area contributed by atoms with Gasteiger partial charge in [-0.15, -0.1) is 0 Å². The molecule has 1 aliphatic heterocycles. The van der Waals surface area contributed by atoms with Gasteiger partial charge in [0.15, 0.2) is 0 Å². The van der Waals surface area contributed by atoms with Gasteiger partial charge in [-0.2, -0.15) is 5.10 Å². The average molecular weight is 1140 g/mol. The molecule has 3 N–H and O–H groups in total. The first-order chi connectivity index (χ1) is 38.2. The second kappa shape index (κ2) is 23.3. The SMILES string of the molecule is C.C.CC1(C(=O)OCc2ccccc2)CC2(CC2)C1.CC1(C(=O)OCc2ccccc2)CC2(CC2)C1.CC1(NC(=O)N2CCn3nc(-c4ccc(F)c(Cl)c4)c(C(N)=O)c3C2)CC2(CC2)C1.O=C(OCc1ccccc1)C1CC2(CC2)C1. The third kappa shape index (κ3) is 13.4. The van der Waals surface area contributed by atoms with Crippen LogP contribution >= 0.6 is 11.6 Å². The summed E-state index contributed by atoms with van der Waals surface area (Å²) in [5.74, 6) is -1.04. The maximum atomic E-state index is 13.6. The first kappa shape index (κ1) is 60.1. The standard InChI is InChI=1S/C21H23ClFN5O2.2C15H18O2.C14H16O2.2CH4/c1-20(10-21(11-20)4-5-21)25-19(30)27-6-7-28-15(9-27)16(18(24)29)17(26-28)12-2-3-14(23)13(22)8-12;2*1-14(10-15(11-14)7-8-15)13(16)17-9-12-5-3-2-4-6-12;15-13(12-8-14(9-12)6-7-14)16-10-11-4-2-1-3-5-11;;/h2-3,8H,4-7,9-11H2,1H3,(H2,24,29)(H,25,30);2*2-6H,7-11H2,1H3;1-5,12H,6-10H2;2*1H4. The number of amides is 3. The van der Waals surface area contributed by atoms with Gasteiger partial charge < -0.3 is 30.2 Å². The van der Waals surface area contributed by atoms with Crippen LogP contribution in [0.3, 0.4) is 0 Å². The van der Waals surface area contributed by atoms with Crippen molar-refractivity contribution in [2.24, 2.45) is 44.1 Å². The minimum Gasteiger partial charge on any atom is -0.461 e. The summed E-state index contributed by atoms with van der Waals surface area (Å²) in [6.07, 6.45) is 18.8. The normalized spacial score (nSPS) is 24.2. The molecule has 0 atom stereocenters. The molecule has 3 amide bonds. The number of benzene rings is 4. The Labute approximate surface area is 488 Å². The van der Waals surface area contributed by atoms with Gasteiger partial charge in [0, 0.05) is 17.6 Å². The highest BCUT2D eigenvalue weighted by molar-refractivity contribution is 6.31. The number of nitrogens with zero attached hydrogens (tertiary/aromatic N) is 3. The number of fused-ring (bicyclic) bond motifs is 1. The second-order valence-electron chi connectivity index (χ2n) is 26.3. The Bertz CT molecular complexity index is 3030. The molecule has 15 heteroatoms. The van der Waals surface area contributed by atoms with E-state index in [1.54, 1.807) is 9.58 Å². The van der Waals surface area contributed by atoms with Gasteiger partial charge in [0.2, 0.25) is 0 Å². The van der Waals surface area contributed by atoms with Crippen LogP contribution in [0.2, 0.25) is 5.02 Å². The molecule has 13 nitrogen and oxygen atoms in total. The molecule has 14 rings (SSSR count). The zero-order valence-electron chi connectivity index (χ0n) is 46.5. The lowest BCUT2D eigenvalue weighted by molar-refractivity contribution is -0.167. The summed E-state index contributed by atoms with van der Waals surface area (Å²) in [6, 6.07) is 33.6. The van der Waals surface area contributed by atoms with Crippen LogP contribution in [0.1, 0.15) is 171 Å². The van der Waals surface area contributed by atoms with Gasteiger partial charge in [-0.1, -0.05) is 117 Å². The molecule has 82 heavy (non-hydrogen) atoms. The number of urea groups is 1. The Morgan fingerprint density at radius 2 is 1.06 bits per heavy atom. The molecule has 2 heterocycles. The summed E-state index contributed by atoms with van der Waals surface area (Å²) < 4.78 is 31.4. The maximum Gasteiger partial charge on any atom is 0.318 e. The fraction of sp³-hybridized carbons (Fsp3) is 0.522. The van der Waals surface area contributed by atoms with Crippen LogP contribution in [0.4, 0.5) is 9.18 Å². The molecule has 8 saturated carbocycles. The highest BCUT2D eigenvalue weighted by Gasteiger charge is 2.64. The average Bonchev–Trinajstić information content (AvgIpc) is 4.35. The number of nitrogens with two attached hydrogens (primary N) is 1. The van der Waals surface area contributed by atoms with Crippen molar-refractivity contribution in [1.29, 1.82) is 0 Å². The van der Waals surface area contributed by atoms with Gasteiger partial charge in [-0.25, -0.2) is 9.18 Å². The van der Waals surface area contributed by atoms with Crippen molar-refractivity contribution in [3.63, 3.8) is 0 Å². The van der Waals surface area contributed by atoms with Crippen LogP contribution in [0.25, 0.3) is 11.3 Å². The molecule has 438 valence electrons. The number of halogens is 2. The van der Waals surface area contributed by atoms with Gasteiger partial charge in [0.25, 0.3) is 5.91 Å². The number of rotatable bonds is 12. The third-order valence-electron chi connectivity index (χ3n) is 18.9. The van der Waals surface area contributed by atoms with Crippen molar-refractivity contribution in [3.05, 3.63) is 148 Å². The van der Waals surface area contributed by atoms with Gasteiger partial charge in [-0.3, -0.25) is 23.9 Å². The molecule has 4 aromatic carbocycles. The summed E-state index contributed by atoms with van der Waals surface area (Å²) in [4.78, 5) is 62.6. The molecule has 8 fully saturated rings. The van der Waals surface area contributed by atoms with Gasteiger partial charge in [-0.05, 0) is 180 Å². The number of hydrogen-bond donors (Lipinski definition) is 2. The van der Waals surface area contributed by atoms with E-state index in [-0.39, 0.29) is 78.2 Å². The fourth-order valence-electron chi connectivity index (χ4n) is 14.1. The molecule has 0 unspecified atom stereocenters. The minimum atomic E-state index is -0.643. The number of carbonyl (C=O) groups excluding carboxylic acids is 5. The number of aromatic nitrogens is 2. The molecule has 0 bridgehead atoms. The number of hydrogen-bond acceptors (Lipinski definition) is 9. The van der Waals surface area contributed by atoms with Crippen molar-refractivity contribution >= 4 is 41.4 Å². The van der Waals surface area contributed by atoms with Crippen molar-refractivity contribution < 1.29 is 42.6 Å². The van der Waals surface area contributed by atoms with Crippen molar-refractivity contribution in [3.8, 4) is 11.3 Å². The lowest BCUT2D eigenvalue weighted by Crippen LogP contribution is -2.59. The number of esters is 3. The van der Waals surface area contributed by atoms with E-state index in [1.165, 1.54) is 69.6 Å². The Hall–Kier alpha value is -6.54. The van der Waals surface area contributed by atoms with E-state index in [4.69, 9.17) is 31.5 Å². The Morgan fingerprint density at radius 1 is 0.622 bits per heavy atom. The highest BCUT2D eigenvalue weighted by Crippen LogP contribution is 2.70. The van der Waals surface area contributed by atoms with E-state index >= 15 is 0 Å². The highest BCUT2D eigenvalue weighted by atomic mass is 35.5. The number of ether oxygens (including phenoxy) is 3. The first-order valence-electron chi connectivity index (χ1n) is 28.8. The molecule has 5 aromatic rings. The summed E-state index contributed by atoms with van der Waals surface area (Å²) >= 11 is 5.91. The van der Waals surface area contributed by atoms with E-state index in [9.17, 15) is 28.4 Å². The Kier molecular flexibility index (Phi) is 17.0. The van der Waals surface area contributed by atoms with Crippen LogP contribution in [0.5, 0.6) is 0 Å². The predicted octanol–water partition coefficient (Wildman–Crippen LogP) is 14.1. The van der Waals surface area contributed by atoms with E-state index in [2.05, 4.69) is 17.3 Å². The number of primary amides is 1. The van der Waals surface area contributed by atoms with Gasteiger partial charge in [0.05, 0.1) is 46.1 Å². The quantitative estimate of drug-likeness (QED) is 0.0911. The van der Waals surface area contributed by atoms with Crippen LogP contribution in [0.15, 0.2) is 109 Å². The molecule has 1 aromatic heterocycles. The smallest absolute Gasteiger partial charge is 0.318 e. The predicted molar refractivity (Wildman–Crippen MR) is 314 cm³/mol. The molecule has 9 aliphatic rings. The molecular formula is C67H83ClFN5O8. The van der Waals surface area contributed by atoms with Gasteiger partial charge in [0.1, 0.15) is 31.3 Å².